The third kappa shape index (κ3) is 3.05. The van der Waals surface area contributed by atoms with Crippen LogP contribution < -0.4 is 4.74 Å². The van der Waals surface area contributed by atoms with Crippen molar-refractivity contribution in [3.63, 3.8) is 0 Å². The van der Waals surface area contributed by atoms with Crippen molar-refractivity contribution in [3.8, 4) is 5.75 Å². The van der Waals surface area contributed by atoms with E-state index < -0.39 is 0 Å². The van der Waals surface area contributed by atoms with Crippen LogP contribution >= 0.6 is 11.6 Å². The van der Waals surface area contributed by atoms with Gasteiger partial charge < -0.3 is 4.74 Å². The Balaban J connectivity index is 2.11. The highest BCUT2D eigenvalue weighted by atomic mass is 35.5. The minimum atomic E-state index is -0.0209. The van der Waals surface area contributed by atoms with Crippen LogP contribution in [0.15, 0.2) is 36.5 Å². The largest absolute Gasteiger partial charge is 0.497 e. The first-order valence-electron chi connectivity index (χ1n) is 5.33. The molecular formula is C13H11ClN2O2. The van der Waals surface area contributed by atoms with E-state index >= 15 is 0 Å². The number of carbonyl (C=O) groups excluding carboxylic acids is 1. The second-order valence-corrected chi connectivity index (χ2v) is 3.98. The first-order chi connectivity index (χ1) is 8.69. The van der Waals surface area contributed by atoms with Gasteiger partial charge in [-0.05, 0) is 41.9 Å². The van der Waals surface area contributed by atoms with E-state index in [1.807, 2.05) is 0 Å². The summed E-state index contributed by atoms with van der Waals surface area (Å²) in [6.45, 7) is 0. The van der Waals surface area contributed by atoms with E-state index in [0.717, 1.165) is 5.75 Å². The number of ketones is 1. The van der Waals surface area contributed by atoms with Gasteiger partial charge >= 0.3 is 0 Å². The molecule has 1 aromatic carbocycles. The van der Waals surface area contributed by atoms with Crippen LogP contribution in [0.4, 0.5) is 0 Å². The first-order valence-corrected chi connectivity index (χ1v) is 5.71. The molecule has 0 aliphatic heterocycles. The van der Waals surface area contributed by atoms with Gasteiger partial charge in [0.15, 0.2) is 5.78 Å². The summed E-state index contributed by atoms with van der Waals surface area (Å²) in [5, 5.41) is 0.148. The van der Waals surface area contributed by atoms with Crippen LogP contribution in [-0.2, 0) is 6.42 Å². The average molecular weight is 263 g/mol. The Morgan fingerprint density at radius 3 is 2.61 bits per heavy atom. The van der Waals surface area contributed by atoms with Gasteiger partial charge in [-0.25, -0.2) is 9.97 Å². The summed E-state index contributed by atoms with van der Waals surface area (Å²) >= 11 is 5.66. The number of benzene rings is 1. The minimum absolute atomic E-state index is 0.0209. The normalized spacial score (nSPS) is 10.1. The van der Waals surface area contributed by atoms with Crippen molar-refractivity contribution in [2.24, 2.45) is 0 Å². The fourth-order valence-electron chi connectivity index (χ4n) is 1.51. The van der Waals surface area contributed by atoms with Crippen molar-refractivity contribution in [2.45, 2.75) is 6.42 Å². The molecule has 18 heavy (non-hydrogen) atoms. The fourth-order valence-corrected chi connectivity index (χ4v) is 1.68. The van der Waals surface area contributed by atoms with Crippen LogP contribution in [0.1, 0.15) is 16.1 Å². The number of nitrogens with zero attached hydrogens (tertiary/aromatic N) is 2. The van der Waals surface area contributed by atoms with Crippen LogP contribution in [0.25, 0.3) is 0 Å². The van der Waals surface area contributed by atoms with Gasteiger partial charge in [-0.15, -0.1) is 0 Å². The lowest BCUT2D eigenvalue weighted by Crippen LogP contribution is -2.05. The second kappa shape index (κ2) is 5.60. The van der Waals surface area contributed by atoms with Crippen LogP contribution in [0, 0.1) is 0 Å². The van der Waals surface area contributed by atoms with Gasteiger partial charge in [0.2, 0.25) is 5.28 Å². The fraction of sp³-hybridized carbons (Fsp3) is 0.154. The van der Waals surface area contributed by atoms with Gasteiger partial charge in [-0.1, -0.05) is 0 Å². The molecule has 4 nitrogen and oxygen atoms in total. The van der Waals surface area contributed by atoms with E-state index in [1.54, 1.807) is 37.4 Å². The third-order valence-corrected chi connectivity index (χ3v) is 2.62. The summed E-state index contributed by atoms with van der Waals surface area (Å²) in [4.78, 5) is 19.7. The number of carbonyl (C=O) groups is 1. The predicted octanol–water partition coefficient (Wildman–Crippen LogP) is 2.56. The standard InChI is InChI=1S/C13H11ClN2O2/c1-18-11-4-2-9(3-5-11)12(17)8-10-6-7-15-13(14)16-10/h2-7H,8H2,1H3. The highest BCUT2D eigenvalue weighted by molar-refractivity contribution is 6.28. The third-order valence-electron chi connectivity index (χ3n) is 2.44. The van der Waals surface area contributed by atoms with Crippen molar-refractivity contribution in [1.29, 1.82) is 0 Å². The molecule has 0 unspecified atom stereocenters. The molecule has 2 aromatic rings. The maximum atomic E-state index is 12.0. The summed E-state index contributed by atoms with van der Waals surface area (Å²) in [6.07, 6.45) is 1.74. The number of Topliss-reactive ketones (excluding diaryl/α,β-unsaturated/α-hetero) is 1. The molecule has 0 atom stereocenters. The molecule has 0 bridgehead atoms. The van der Waals surface area contributed by atoms with Gasteiger partial charge in [-0.3, -0.25) is 4.79 Å². The number of aromatic nitrogens is 2. The molecule has 2 rings (SSSR count). The smallest absolute Gasteiger partial charge is 0.222 e. The van der Waals surface area contributed by atoms with Gasteiger partial charge in [-0.2, -0.15) is 0 Å². The summed E-state index contributed by atoms with van der Waals surface area (Å²) in [5.74, 6) is 0.698. The number of ether oxygens (including phenoxy) is 1. The van der Waals surface area contributed by atoms with Crippen LogP contribution in [-0.4, -0.2) is 22.9 Å². The lowest BCUT2D eigenvalue weighted by molar-refractivity contribution is 0.0992. The van der Waals surface area contributed by atoms with Crippen molar-refractivity contribution < 1.29 is 9.53 Å². The molecular weight excluding hydrogens is 252 g/mol. The molecule has 0 amide bonds. The van der Waals surface area contributed by atoms with Gasteiger partial charge in [0.1, 0.15) is 5.75 Å². The van der Waals surface area contributed by atoms with E-state index in [4.69, 9.17) is 16.3 Å². The summed E-state index contributed by atoms with van der Waals surface area (Å²) in [7, 11) is 1.58. The molecule has 0 aliphatic carbocycles. The molecule has 0 spiro atoms. The predicted molar refractivity (Wildman–Crippen MR) is 68.1 cm³/mol. The van der Waals surface area contributed by atoms with E-state index in [0.29, 0.717) is 11.3 Å². The van der Waals surface area contributed by atoms with Crippen molar-refractivity contribution >= 4 is 17.4 Å². The van der Waals surface area contributed by atoms with E-state index in [1.165, 1.54) is 6.20 Å². The SMILES string of the molecule is COc1ccc(C(=O)Cc2ccnc(Cl)n2)cc1. The Hall–Kier alpha value is -1.94. The Morgan fingerprint density at radius 2 is 2.00 bits per heavy atom. The molecule has 0 saturated carbocycles. The van der Waals surface area contributed by atoms with Gasteiger partial charge in [0.05, 0.1) is 19.2 Å². The lowest BCUT2D eigenvalue weighted by Gasteiger charge is -2.03. The maximum Gasteiger partial charge on any atom is 0.222 e. The van der Waals surface area contributed by atoms with Crippen molar-refractivity contribution in [3.05, 3.63) is 53.1 Å². The molecule has 0 saturated heterocycles. The average Bonchev–Trinajstić information content (AvgIpc) is 2.39. The quantitative estimate of drug-likeness (QED) is 0.628. The molecule has 0 radical (unpaired) electrons. The monoisotopic (exact) mass is 262 g/mol. The Bertz CT molecular complexity index is 555. The molecule has 5 heteroatoms. The molecule has 1 aromatic heterocycles. The highest BCUT2D eigenvalue weighted by Crippen LogP contribution is 2.13. The summed E-state index contributed by atoms with van der Waals surface area (Å²) in [5.41, 5.74) is 1.22. The molecule has 1 heterocycles. The van der Waals surface area contributed by atoms with Crippen molar-refractivity contribution in [2.75, 3.05) is 7.11 Å². The Labute approximate surface area is 110 Å². The second-order valence-electron chi connectivity index (χ2n) is 3.65. The molecule has 0 aliphatic rings. The summed E-state index contributed by atoms with van der Waals surface area (Å²) in [6, 6.07) is 8.63. The zero-order valence-corrected chi connectivity index (χ0v) is 10.5. The molecule has 0 N–H and O–H groups in total. The Kier molecular flexibility index (Phi) is 3.89. The van der Waals surface area contributed by atoms with E-state index in [2.05, 4.69) is 9.97 Å². The number of rotatable bonds is 4. The number of hydrogen-bond acceptors (Lipinski definition) is 4. The number of hydrogen-bond donors (Lipinski definition) is 0. The van der Waals surface area contributed by atoms with Crippen LogP contribution in [0.3, 0.4) is 0 Å². The highest BCUT2D eigenvalue weighted by Gasteiger charge is 2.08. The number of methoxy groups -OCH3 is 1. The van der Waals surface area contributed by atoms with Crippen LogP contribution in [0.5, 0.6) is 5.75 Å². The topological polar surface area (TPSA) is 52.1 Å². The zero-order valence-electron chi connectivity index (χ0n) is 9.76. The van der Waals surface area contributed by atoms with Gasteiger partial charge in [0.25, 0.3) is 0 Å². The van der Waals surface area contributed by atoms with Crippen LogP contribution in [0.2, 0.25) is 5.28 Å². The minimum Gasteiger partial charge on any atom is -0.497 e. The first kappa shape index (κ1) is 12.5. The summed E-state index contributed by atoms with van der Waals surface area (Å²) < 4.78 is 5.03. The maximum absolute atomic E-state index is 12.0. The molecule has 0 fully saturated rings. The Morgan fingerprint density at radius 1 is 1.28 bits per heavy atom. The van der Waals surface area contributed by atoms with Gasteiger partial charge in [0, 0.05) is 11.8 Å². The zero-order chi connectivity index (χ0) is 13.0. The number of halogens is 1. The lowest BCUT2D eigenvalue weighted by atomic mass is 10.1. The van der Waals surface area contributed by atoms with E-state index in [9.17, 15) is 4.79 Å². The van der Waals surface area contributed by atoms with Crippen molar-refractivity contribution in [1.82, 2.24) is 9.97 Å². The molecule has 92 valence electrons. The van der Waals surface area contributed by atoms with E-state index in [-0.39, 0.29) is 17.5 Å².